The Kier molecular flexibility index (Phi) is 48.5. The van der Waals surface area contributed by atoms with Crippen molar-refractivity contribution >= 4 is 0 Å². The number of hydrogen-bond acceptors (Lipinski definition) is 3. The van der Waals surface area contributed by atoms with Crippen LogP contribution in [0.15, 0.2) is 0 Å². The van der Waals surface area contributed by atoms with Crippen molar-refractivity contribution in [1.29, 1.82) is 4.10 Å². The molecule has 0 heterocycles. The first-order valence-electron chi connectivity index (χ1n) is 1.08. The molecule has 3 nitrogen and oxygen atoms in total. The molecule has 28 valence electrons. The van der Waals surface area contributed by atoms with E-state index in [0.29, 0.717) is 18.1 Å². The molecule has 0 rings (SSSR count). The number of hydroxylamine groups is 1. The van der Waals surface area contributed by atoms with Crippen molar-refractivity contribution in [3.63, 3.8) is 0 Å². The van der Waals surface area contributed by atoms with Crippen molar-refractivity contribution in [2.75, 3.05) is 7.05 Å². The van der Waals surface area contributed by atoms with Crippen molar-refractivity contribution in [2.45, 2.75) is 0 Å². The average Bonchev–Trinajstić information content (AvgIpc) is 1.46. The SMILES string of the molecule is CNO.[NH]=[Zn]. The van der Waals surface area contributed by atoms with Crippen LogP contribution < -0.4 is 5.48 Å². The average molecular weight is 127 g/mol. The molecule has 0 aliphatic carbocycles. The monoisotopic (exact) mass is 126 g/mol. The molecular formula is CH6N2OZn. The van der Waals surface area contributed by atoms with Gasteiger partial charge < -0.3 is 5.21 Å². The summed E-state index contributed by atoms with van der Waals surface area (Å²) >= 11 is 0.625. The standard InChI is InChI=1S/CH5NO.HN.Zn/c1-2-3;;/h2-3H,1H3;1H;. The van der Waals surface area contributed by atoms with Crippen LogP contribution in [-0.2, 0) is 18.1 Å². The summed E-state index contributed by atoms with van der Waals surface area (Å²) in [5.74, 6) is 0. The Balaban J connectivity index is 0. The molecule has 0 unspecified atom stereocenters. The summed E-state index contributed by atoms with van der Waals surface area (Å²) in [6, 6.07) is 0. The summed E-state index contributed by atoms with van der Waals surface area (Å²) in [7, 11) is 1.43. The molecule has 0 fully saturated rings. The molecule has 0 amide bonds. The first-order valence-corrected chi connectivity index (χ1v) is 2.56. The second-order valence-corrected chi connectivity index (χ2v) is 0.224. The summed E-state index contributed by atoms with van der Waals surface area (Å²) in [6.45, 7) is 0. The maximum atomic E-state index is 7.32. The number of hydrogen-bond donors (Lipinski definition) is 3. The van der Waals surface area contributed by atoms with Gasteiger partial charge in [-0.25, -0.2) is 5.48 Å². The van der Waals surface area contributed by atoms with Crippen LogP contribution in [0.2, 0.25) is 0 Å². The zero-order valence-corrected chi connectivity index (χ0v) is 6.12. The molecule has 0 atom stereocenters. The fourth-order valence-electron chi connectivity index (χ4n) is 0. The summed E-state index contributed by atoms with van der Waals surface area (Å²) in [5.41, 5.74) is 1.75. The molecule has 0 saturated carbocycles. The number of rotatable bonds is 0. The van der Waals surface area contributed by atoms with E-state index in [2.05, 4.69) is 0 Å². The second kappa shape index (κ2) is 26.9. The fourth-order valence-corrected chi connectivity index (χ4v) is 0. The molecule has 5 heavy (non-hydrogen) atoms. The molecule has 0 aliphatic rings. The van der Waals surface area contributed by atoms with Gasteiger partial charge in [-0.3, -0.25) is 0 Å². The maximum absolute atomic E-state index is 7.32. The van der Waals surface area contributed by atoms with Crippen LogP contribution in [0.3, 0.4) is 0 Å². The molecule has 0 aromatic heterocycles. The molecule has 4 heteroatoms. The Morgan fingerprint density at radius 3 is 1.80 bits per heavy atom. The van der Waals surface area contributed by atoms with Gasteiger partial charge >= 0.3 is 22.2 Å². The van der Waals surface area contributed by atoms with E-state index in [-0.39, 0.29) is 0 Å². The van der Waals surface area contributed by atoms with Crippen molar-refractivity contribution in [2.24, 2.45) is 0 Å². The first-order chi connectivity index (χ1) is 2.41. The zero-order valence-electron chi connectivity index (χ0n) is 3.15. The summed E-state index contributed by atoms with van der Waals surface area (Å²) in [5, 5.41) is 7.32. The molecule has 0 aliphatic heterocycles. The molecule has 0 radical (unpaired) electrons. The third kappa shape index (κ3) is 202. The predicted molar refractivity (Wildman–Crippen MR) is 13.6 cm³/mol. The number of nitrogens with one attached hydrogen (secondary N) is 2. The van der Waals surface area contributed by atoms with Crippen molar-refractivity contribution in [3.8, 4) is 0 Å². The summed E-state index contributed by atoms with van der Waals surface area (Å²) in [6.07, 6.45) is 0. The van der Waals surface area contributed by atoms with E-state index >= 15 is 0 Å². The molecule has 0 bridgehead atoms. The van der Waals surface area contributed by atoms with Gasteiger partial charge in [0.2, 0.25) is 0 Å². The minimum absolute atomic E-state index is 0.625. The van der Waals surface area contributed by atoms with Gasteiger partial charge in [-0.05, 0) is 0 Å². The normalized spacial score (nSPS) is 4.80. The van der Waals surface area contributed by atoms with Crippen LogP contribution in [-0.4, -0.2) is 12.3 Å². The minimum atomic E-state index is 0.625. The van der Waals surface area contributed by atoms with Crippen LogP contribution in [0.25, 0.3) is 0 Å². The van der Waals surface area contributed by atoms with Gasteiger partial charge in [0.1, 0.15) is 0 Å². The predicted octanol–water partition coefficient (Wildman–Crippen LogP) is -0.109. The van der Waals surface area contributed by atoms with E-state index in [4.69, 9.17) is 9.31 Å². The van der Waals surface area contributed by atoms with Gasteiger partial charge in [-0.1, -0.05) is 0 Å². The fraction of sp³-hybridized carbons (Fsp3) is 1.00. The Labute approximate surface area is 40.6 Å². The van der Waals surface area contributed by atoms with Gasteiger partial charge in [0, 0.05) is 7.05 Å². The van der Waals surface area contributed by atoms with Gasteiger partial charge in [0.05, 0.1) is 0 Å². The van der Waals surface area contributed by atoms with Gasteiger partial charge in [0.25, 0.3) is 0 Å². The topological polar surface area (TPSA) is 56.1 Å². The van der Waals surface area contributed by atoms with Crippen LogP contribution >= 0.6 is 0 Å². The van der Waals surface area contributed by atoms with Gasteiger partial charge in [-0.2, -0.15) is 0 Å². The summed E-state index contributed by atoms with van der Waals surface area (Å²) in [4.78, 5) is 0. The van der Waals surface area contributed by atoms with Crippen LogP contribution in [0.4, 0.5) is 0 Å². The molecule has 0 aromatic carbocycles. The second-order valence-electron chi connectivity index (χ2n) is 0.224. The molecule has 3 N–H and O–H groups in total. The van der Waals surface area contributed by atoms with Gasteiger partial charge in [0.15, 0.2) is 0 Å². The Morgan fingerprint density at radius 1 is 1.80 bits per heavy atom. The van der Waals surface area contributed by atoms with E-state index in [1.54, 1.807) is 5.48 Å². The molecule has 0 saturated heterocycles. The van der Waals surface area contributed by atoms with Crippen LogP contribution in [0.5, 0.6) is 0 Å². The van der Waals surface area contributed by atoms with E-state index in [0.717, 1.165) is 0 Å². The summed E-state index contributed by atoms with van der Waals surface area (Å²) < 4.78 is 5.88. The van der Waals surface area contributed by atoms with E-state index in [1.807, 2.05) is 0 Å². The van der Waals surface area contributed by atoms with E-state index in [9.17, 15) is 0 Å². The zero-order chi connectivity index (χ0) is 4.71. The quantitative estimate of drug-likeness (QED) is 0.314. The van der Waals surface area contributed by atoms with Crippen LogP contribution in [0, 0.1) is 4.10 Å². The van der Waals surface area contributed by atoms with Crippen molar-refractivity contribution in [3.05, 3.63) is 0 Å². The van der Waals surface area contributed by atoms with E-state index < -0.39 is 0 Å². The van der Waals surface area contributed by atoms with E-state index in [1.165, 1.54) is 7.05 Å². The first kappa shape index (κ1) is 9.02. The Morgan fingerprint density at radius 2 is 1.80 bits per heavy atom. The van der Waals surface area contributed by atoms with Crippen LogP contribution in [0.1, 0.15) is 0 Å². The Bertz CT molecular complexity index is 13.6. The molecule has 0 spiro atoms. The van der Waals surface area contributed by atoms with Crippen molar-refractivity contribution in [1.82, 2.24) is 5.48 Å². The Hall–Kier alpha value is 0.343. The molecular weight excluding hydrogens is 121 g/mol. The van der Waals surface area contributed by atoms with Crippen molar-refractivity contribution < 1.29 is 23.3 Å². The molecule has 0 aromatic rings. The van der Waals surface area contributed by atoms with Gasteiger partial charge in [-0.15, -0.1) is 0 Å². The third-order valence-corrected chi connectivity index (χ3v) is 0. The third-order valence-electron chi connectivity index (χ3n) is 0.